The molecule has 1 atom stereocenters. The Kier molecular flexibility index (Phi) is 5.41. The van der Waals surface area contributed by atoms with E-state index < -0.39 is 9.84 Å². The number of aryl methyl sites for hydroxylation is 1. The summed E-state index contributed by atoms with van der Waals surface area (Å²) >= 11 is 0. The maximum absolute atomic E-state index is 11.6. The molecule has 0 radical (unpaired) electrons. The van der Waals surface area contributed by atoms with Crippen LogP contribution in [0.15, 0.2) is 23.1 Å². The van der Waals surface area contributed by atoms with Crippen molar-refractivity contribution < 1.29 is 8.42 Å². The summed E-state index contributed by atoms with van der Waals surface area (Å²) in [6.07, 6.45) is 3.49. The molecule has 0 aromatic heterocycles. The van der Waals surface area contributed by atoms with Crippen molar-refractivity contribution in [3.63, 3.8) is 0 Å². The highest BCUT2D eigenvalue weighted by atomic mass is 32.2. The van der Waals surface area contributed by atoms with E-state index in [-0.39, 0.29) is 0 Å². The van der Waals surface area contributed by atoms with Gasteiger partial charge in [0.2, 0.25) is 0 Å². The molecule has 4 heteroatoms. The molecule has 3 nitrogen and oxygen atoms in total. The Labute approximate surface area is 117 Å². The molecule has 0 saturated carbocycles. The lowest BCUT2D eigenvalue weighted by atomic mass is 10.0. The minimum atomic E-state index is -3.14. The fraction of sp³-hybridized carbons (Fsp3) is 0.600. The molecule has 19 heavy (non-hydrogen) atoms. The van der Waals surface area contributed by atoms with Crippen LogP contribution in [-0.4, -0.2) is 20.7 Å². The zero-order valence-corrected chi connectivity index (χ0v) is 13.3. The first-order chi connectivity index (χ1) is 8.70. The predicted molar refractivity (Wildman–Crippen MR) is 81.4 cm³/mol. The van der Waals surface area contributed by atoms with Gasteiger partial charge in [0.1, 0.15) is 0 Å². The first-order valence-electron chi connectivity index (χ1n) is 6.77. The second-order valence-corrected chi connectivity index (χ2v) is 7.78. The largest absolute Gasteiger partial charge is 0.382 e. The van der Waals surface area contributed by atoms with E-state index in [1.807, 2.05) is 13.0 Å². The maximum Gasteiger partial charge on any atom is 0.175 e. The molecule has 0 bridgehead atoms. The number of benzene rings is 1. The Hall–Kier alpha value is -1.03. The summed E-state index contributed by atoms with van der Waals surface area (Å²) in [5.74, 6) is 0.688. The number of nitrogens with one attached hydrogen (secondary N) is 1. The van der Waals surface area contributed by atoms with Gasteiger partial charge in [0.05, 0.1) is 4.90 Å². The molecule has 0 spiro atoms. The van der Waals surface area contributed by atoms with Gasteiger partial charge >= 0.3 is 0 Å². The highest BCUT2D eigenvalue weighted by Gasteiger charge is 2.11. The lowest BCUT2D eigenvalue weighted by Gasteiger charge is -2.18. The Morgan fingerprint density at radius 3 is 2.32 bits per heavy atom. The first kappa shape index (κ1) is 16.0. The molecular weight excluding hydrogens is 258 g/mol. The summed E-state index contributed by atoms with van der Waals surface area (Å²) < 4.78 is 23.1. The van der Waals surface area contributed by atoms with Gasteiger partial charge in [-0.1, -0.05) is 19.9 Å². The molecule has 0 heterocycles. The smallest absolute Gasteiger partial charge is 0.175 e. The molecule has 0 aliphatic rings. The van der Waals surface area contributed by atoms with Crippen LogP contribution < -0.4 is 5.32 Å². The molecule has 1 aromatic carbocycles. The topological polar surface area (TPSA) is 46.2 Å². The van der Waals surface area contributed by atoms with Crippen molar-refractivity contribution >= 4 is 15.5 Å². The highest BCUT2D eigenvalue weighted by molar-refractivity contribution is 7.90. The van der Waals surface area contributed by atoms with Crippen molar-refractivity contribution in [2.45, 2.75) is 51.5 Å². The van der Waals surface area contributed by atoms with Crippen LogP contribution in [0.5, 0.6) is 0 Å². The fourth-order valence-electron chi connectivity index (χ4n) is 1.91. The van der Waals surface area contributed by atoms with Crippen molar-refractivity contribution in [1.82, 2.24) is 0 Å². The van der Waals surface area contributed by atoms with Gasteiger partial charge in [0.15, 0.2) is 9.84 Å². The van der Waals surface area contributed by atoms with E-state index >= 15 is 0 Å². The molecular formula is C15H25NO2S. The third-order valence-corrected chi connectivity index (χ3v) is 4.33. The van der Waals surface area contributed by atoms with Crippen molar-refractivity contribution in [3.05, 3.63) is 23.8 Å². The van der Waals surface area contributed by atoms with Crippen LogP contribution in [0, 0.1) is 12.8 Å². The van der Waals surface area contributed by atoms with Crippen LogP contribution in [0.3, 0.4) is 0 Å². The van der Waals surface area contributed by atoms with E-state index in [4.69, 9.17) is 0 Å². The minimum absolute atomic E-state index is 0.343. The molecule has 1 unspecified atom stereocenters. The zero-order chi connectivity index (χ0) is 14.6. The van der Waals surface area contributed by atoms with Crippen LogP contribution in [0.1, 0.15) is 39.2 Å². The molecule has 1 rings (SSSR count). The van der Waals surface area contributed by atoms with E-state index in [0.717, 1.165) is 17.7 Å². The summed E-state index contributed by atoms with van der Waals surface area (Å²) in [5, 5.41) is 3.41. The fourth-order valence-corrected chi connectivity index (χ4v) is 2.56. The minimum Gasteiger partial charge on any atom is -0.382 e. The average Bonchev–Trinajstić information content (AvgIpc) is 2.28. The van der Waals surface area contributed by atoms with Gasteiger partial charge in [-0.3, -0.25) is 0 Å². The SMILES string of the molecule is Cc1ccc(S(C)(=O)=O)cc1NC(C)CCC(C)C. The van der Waals surface area contributed by atoms with E-state index in [1.165, 1.54) is 12.7 Å². The summed E-state index contributed by atoms with van der Waals surface area (Å²) in [6, 6.07) is 5.59. The highest BCUT2D eigenvalue weighted by Crippen LogP contribution is 2.22. The van der Waals surface area contributed by atoms with Crippen LogP contribution in [0.25, 0.3) is 0 Å². The predicted octanol–water partition coefficient (Wildman–Crippen LogP) is 3.64. The van der Waals surface area contributed by atoms with Crippen molar-refractivity contribution in [2.75, 3.05) is 11.6 Å². The summed E-state index contributed by atoms with van der Waals surface area (Å²) in [5.41, 5.74) is 1.99. The van der Waals surface area contributed by atoms with Crippen molar-refractivity contribution in [3.8, 4) is 0 Å². The molecule has 1 N–H and O–H groups in total. The molecule has 0 amide bonds. The third-order valence-electron chi connectivity index (χ3n) is 3.22. The zero-order valence-electron chi connectivity index (χ0n) is 12.5. The quantitative estimate of drug-likeness (QED) is 0.867. The summed E-state index contributed by atoms with van der Waals surface area (Å²) in [6.45, 7) is 8.54. The number of hydrogen-bond acceptors (Lipinski definition) is 3. The van der Waals surface area contributed by atoms with Crippen molar-refractivity contribution in [2.24, 2.45) is 5.92 Å². The van der Waals surface area contributed by atoms with E-state index in [2.05, 4.69) is 26.1 Å². The number of rotatable bonds is 6. The normalized spacial score (nSPS) is 13.6. The lowest BCUT2D eigenvalue weighted by Crippen LogP contribution is -2.17. The lowest BCUT2D eigenvalue weighted by molar-refractivity contribution is 0.527. The van der Waals surface area contributed by atoms with E-state index in [1.54, 1.807) is 12.1 Å². The first-order valence-corrected chi connectivity index (χ1v) is 8.66. The summed E-state index contributed by atoms with van der Waals surface area (Å²) in [4.78, 5) is 0.372. The van der Waals surface area contributed by atoms with Crippen LogP contribution in [0.4, 0.5) is 5.69 Å². The molecule has 0 fully saturated rings. The molecule has 0 saturated heterocycles. The second-order valence-electron chi connectivity index (χ2n) is 5.77. The van der Waals surface area contributed by atoms with Crippen LogP contribution in [0.2, 0.25) is 0 Å². The Morgan fingerprint density at radius 2 is 1.79 bits per heavy atom. The monoisotopic (exact) mass is 283 g/mol. The molecule has 108 valence electrons. The average molecular weight is 283 g/mol. The van der Waals surface area contributed by atoms with Gasteiger partial charge in [0.25, 0.3) is 0 Å². The van der Waals surface area contributed by atoms with Gasteiger partial charge < -0.3 is 5.32 Å². The molecule has 1 aromatic rings. The van der Waals surface area contributed by atoms with Gasteiger partial charge in [0, 0.05) is 18.0 Å². The van der Waals surface area contributed by atoms with Crippen LogP contribution in [-0.2, 0) is 9.84 Å². The summed E-state index contributed by atoms with van der Waals surface area (Å²) in [7, 11) is -3.14. The standard InChI is InChI=1S/C15H25NO2S/c1-11(2)6-8-13(4)16-15-10-14(19(5,17)18)9-7-12(15)3/h7,9-11,13,16H,6,8H2,1-5H3. The third kappa shape index (κ3) is 5.23. The Morgan fingerprint density at radius 1 is 1.16 bits per heavy atom. The second kappa shape index (κ2) is 6.42. The maximum atomic E-state index is 11.6. The van der Waals surface area contributed by atoms with E-state index in [0.29, 0.717) is 16.9 Å². The van der Waals surface area contributed by atoms with Gasteiger partial charge in [-0.15, -0.1) is 0 Å². The Bertz CT molecular complexity index is 521. The van der Waals surface area contributed by atoms with Gasteiger partial charge in [-0.25, -0.2) is 8.42 Å². The number of anilines is 1. The molecule has 0 aliphatic heterocycles. The van der Waals surface area contributed by atoms with Crippen LogP contribution >= 0.6 is 0 Å². The van der Waals surface area contributed by atoms with Gasteiger partial charge in [-0.2, -0.15) is 0 Å². The van der Waals surface area contributed by atoms with Gasteiger partial charge in [-0.05, 0) is 50.3 Å². The van der Waals surface area contributed by atoms with E-state index in [9.17, 15) is 8.42 Å². The molecule has 0 aliphatic carbocycles. The number of sulfone groups is 1. The number of hydrogen-bond donors (Lipinski definition) is 1. The Balaban J connectivity index is 2.83. The van der Waals surface area contributed by atoms with Crippen molar-refractivity contribution in [1.29, 1.82) is 0 Å².